The van der Waals surface area contributed by atoms with Gasteiger partial charge in [0.15, 0.2) is 0 Å². The van der Waals surface area contributed by atoms with Crippen molar-refractivity contribution in [2.75, 3.05) is 13.1 Å². The first-order chi connectivity index (χ1) is 6.86. The van der Waals surface area contributed by atoms with Gasteiger partial charge in [0.2, 0.25) is 0 Å². The van der Waals surface area contributed by atoms with E-state index in [4.69, 9.17) is 0 Å². The van der Waals surface area contributed by atoms with Crippen LogP contribution in [0.15, 0.2) is 24.3 Å². The smallest absolute Gasteiger partial charge is 1.00 e. The van der Waals surface area contributed by atoms with E-state index in [1.165, 1.54) is 24.9 Å². The van der Waals surface area contributed by atoms with Crippen molar-refractivity contribution in [1.29, 1.82) is 0 Å². The molecular weight excluding hydrogens is 274 g/mol. The number of hydrogen-bond donors (Lipinski definition) is 0. The maximum absolute atomic E-state index is 3.05. The van der Waals surface area contributed by atoms with Crippen molar-refractivity contribution in [3.63, 3.8) is 0 Å². The molecule has 1 aromatic carbocycles. The second-order valence-corrected chi connectivity index (χ2v) is 3.63. The van der Waals surface area contributed by atoms with Crippen molar-refractivity contribution in [3.05, 3.63) is 35.9 Å². The predicted octanol–water partition coefficient (Wildman–Crippen LogP) is -0.268. The van der Waals surface area contributed by atoms with Gasteiger partial charge in [-0.25, -0.2) is 0 Å². The molecule has 0 N–H and O–H groups in total. The molecule has 0 saturated heterocycles. The van der Waals surface area contributed by atoms with Crippen LogP contribution in [0.1, 0.15) is 32.3 Å². The van der Waals surface area contributed by atoms with Crippen molar-refractivity contribution >= 4 is 23.1 Å². The first-order valence-electron chi connectivity index (χ1n) is 5.54. The Kier molecular flexibility index (Phi) is 14.0. The van der Waals surface area contributed by atoms with Crippen LogP contribution in [0, 0.1) is 6.07 Å². The van der Waals surface area contributed by atoms with E-state index in [2.05, 4.69) is 36.9 Å². The summed E-state index contributed by atoms with van der Waals surface area (Å²) in [6, 6.07) is 11.3. The van der Waals surface area contributed by atoms with E-state index < -0.39 is 0 Å². The Bertz CT molecular complexity index is 241. The van der Waals surface area contributed by atoms with E-state index in [1.807, 2.05) is 12.1 Å². The van der Waals surface area contributed by atoms with E-state index in [0.717, 1.165) is 13.1 Å². The molecule has 3 heteroatoms. The molecule has 0 aliphatic heterocycles. The fourth-order valence-electron chi connectivity index (χ4n) is 1.52. The third-order valence-electron chi connectivity index (χ3n) is 2.47. The summed E-state index contributed by atoms with van der Waals surface area (Å²) < 4.78 is 0. The Morgan fingerprint density at radius 1 is 1.19 bits per heavy atom. The van der Waals surface area contributed by atoms with E-state index in [9.17, 15) is 0 Å². The van der Waals surface area contributed by atoms with Crippen LogP contribution in [0.25, 0.3) is 0 Å². The third kappa shape index (κ3) is 7.66. The van der Waals surface area contributed by atoms with Crippen molar-refractivity contribution in [3.8, 4) is 0 Å². The zero-order chi connectivity index (χ0) is 10.2. The fraction of sp³-hybridized carbons (Fsp3) is 0.538. The zero-order valence-electron chi connectivity index (χ0n) is 10.4. The van der Waals surface area contributed by atoms with Crippen LogP contribution in [0.4, 0.5) is 0 Å². The van der Waals surface area contributed by atoms with E-state index in [0.29, 0.717) is 0 Å². The average molecular weight is 295 g/mol. The molecule has 1 rings (SSSR count). The number of benzene rings is 1. The summed E-state index contributed by atoms with van der Waals surface area (Å²) in [6.07, 6.45) is 2.58. The average Bonchev–Trinajstić information content (AvgIpc) is 2.25. The first-order valence-corrected chi connectivity index (χ1v) is 5.54. The molecule has 0 unspecified atom stereocenters. The first kappa shape index (κ1) is 18.8. The number of halogens is 1. The van der Waals surface area contributed by atoms with Crippen LogP contribution >= 0.6 is 0 Å². The Morgan fingerprint density at radius 3 is 2.31 bits per heavy atom. The Labute approximate surface area is 127 Å². The Morgan fingerprint density at radius 2 is 1.81 bits per heavy atom. The van der Waals surface area contributed by atoms with Crippen LogP contribution < -0.4 is 17.0 Å². The normalized spacial score (nSPS) is 9.44. The van der Waals surface area contributed by atoms with Gasteiger partial charge in [-0.05, 0) is 19.5 Å². The molecule has 0 saturated carbocycles. The minimum Gasteiger partial charge on any atom is -1.00 e. The maximum Gasteiger partial charge on any atom is 2.00 e. The predicted molar refractivity (Wildman–Crippen MR) is 66.9 cm³/mol. The SMILES string of the molecule is CCCCN(CC)Cc1cc[c-]cc1.[Br-].[Mg+2]. The maximum atomic E-state index is 3.05. The van der Waals surface area contributed by atoms with Gasteiger partial charge in [-0.3, -0.25) is 0 Å². The summed E-state index contributed by atoms with van der Waals surface area (Å²) >= 11 is 0. The van der Waals surface area contributed by atoms with Crippen molar-refractivity contribution in [2.24, 2.45) is 0 Å². The largest absolute Gasteiger partial charge is 2.00 e. The second-order valence-electron chi connectivity index (χ2n) is 3.63. The summed E-state index contributed by atoms with van der Waals surface area (Å²) in [4.78, 5) is 2.48. The molecule has 1 nitrogen and oxygen atoms in total. The minimum absolute atomic E-state index is 0. The second kappa shape index (κ2) is 11.9. The summed E-state index contributed by atoms with van der Waals surface area (Å²) in [5.74, 6) is 0. The summed E-state index contributed by atoms with van der Waals surface area (Å²) in [5, 5.41) is 0. The Balaban J connectivity index is 0. The van der Waals surface area contributed by atoms with E-state index in [-0.39, 0.29) is 40.0 Å². The van der Waals surface area contributed by atoms with Gasteiger partial charge in [0.25, 0.3) is 0 Å². The van der Waals surface area contributed by atoms with Gasteiger partial charge in [-0.1, -0.05) is 20.3 Å². The molecule has 0 amide bonds. The molecule has 0 bridgehead atoms. The molecule has 0 fully saturated rings. The molecule has 0 aliphatic rings. The fourth-order valence-corrected chi connectivity index (χ4v) is 1.52. The molecule has 16 heavy (non-hydrogen) atoms. The van der Waals surface area contributed by atoms with Crippen LogP contribution in [0.3, 0.4) is 0 Å². The molecule has 0 spiro atoms. The summed E-state index contributed by atoms with van der Waals surface area (Å²) in [6.45, 7) is 7.89. The standard InChI is InChI=1S/C13H20N.BrH.Mg/c1-3-5-11-14(4-2)12-13-9-7-6-8-10-13;;/h7-10H,3-5,11-12H2,1-2H3;1H;/q-1;;+2/p-1. The van der Waals surface area contributed by atoms with Crippen molar-refractivity contribution in [2.45, 2.75) is 33.2 Å². The topological polar surface area (TPSA) is 3.24 Å². The molecule has 86 valence electrons. The van der Waals surface area contributed by atoms with Gasteiger partial charge in [0.05, 0.1) is 0 Å². The van der Waals surface area contributed by atoms with Crippen molar-refractivity contribution < 1.29 is 17.0 Å². The molecule has 0 aliphatic carbocycles. The molecule has 0 atom stereocenters. The van der Waals surface area contributed by atoms with Gasteiger partial charge in [-0.15, -0.1) is 5.56 Å². The quantitative estimate of drug-likeness (QED) is 0.516. The zero-order valence-corrected chi connectivity index (χ0v) is 13.4. The van der Waals surface area contributed by atoms with Gasteiger partial charge < -0.3 is 21.9 Å². The molecule has 0 aromatic heterocycles. The van der Waals surface area contributed by atoms with Gasteiger partial charge >= 0.3 is 23.1 Å². The minimum atomic E-state index is 0. The number of rotatable bonds is 6. The third-order valence-corrected chi connectivity index (χ3v) is 2.47. The van der Waals surface area contributed by atoms with Gasteiger partial charge in [-0.2, -0.15) is 30.3 Å². The summed E-state index contributed by atoms with van der Waals surface area (Å²) in [7, 11) is 0. The van der Waals surface area contributed by atoms with Crippen molar-refractivity contribution in [1.82, 2.24) is 4.90 Å². The van der Waals surface area contributed by atoms with Crippen LogP contribution in [0.5, 0.6) is 0 Å². The van der Waals surface area contributed by atoms with Gasteiger partial charge in [0, 0.05) is 6.54 Å². The van der Waals surface area contributed by atoms with Crippen LogP contribution in [-0.2, 0) is 6.54 Å². The van der Waals surface area contributed by atoms with Crippen LogP contribution in [-0.4, -0.2) is 41.0 Å². The monoisotopic (exact) mass is 293 g/mol. The number of hydrogen-bond acceptors (Lipinski definition) is 1. The van der Waals surface area contributed by atoms with Crippen LogP contribution in [0.2, 0.25) is 0 Å². The van der Waals surface area contributed by atoms with Gasteiger partial charge in [0.1, 0.15) is 0 Å². The molecule has 1 aromatic rings. The van der Waals surface area contributed by atoms with E-state index in [1.54, 1.807) is 0 Å². The molecular formula is C13H20BrMgN. The summed E-state index contributed by atoms with van der Waals surface area (Å²) in [5.41, 5.74) is 1.39. The number of nitrogens with zero attached hydrogens (tertiary/aromatic N) is 1. The Hall–Kier alpha value is 0.426. The molecule has 0 heterocycles. The molecule has 0 radical (unpaired) electrons. The number of unbranched alkanes of at least 4 members (excludes halogenated alkanes) is 1. The van der Waals surface area contributed by atoms with E-state index >= 15 is 0 Å².